The Morgan fingerprint density at radius 2 is 1.93 bits per heavy atom. The van der Waals surface area contributed by atoms with Gasteiger partial charge in [0.2, 0.25) is 0 Å². The summed E-state index contributed by atoms with van der Waals surface area (Å²) in [7, 11) is 0. The molecule has 29 heavy (non-hydrogen) atoms. The van der Waals surface area contributed by atoms with Crippen molar-refractivity contribution in [2.24, 2.45) is 0 Å². The summed E-state index contributed by atoms with van der Waals surface area (Å²) in [5.74, 6) is 0.318. The molecule has 0 N–H and O–H groups in total. The van der Waals surface area contributed by atoms with Gasteiger partial charge in [-0.05, 0) is 48.6 Å². The molecule has 0 fully saturated rings. The lowest BCUT2D eigenvalue weighted by Crippen LogP contribution is -2.16. The van der Waals surface area contributed by atoms with Gasteiger partial charge in [-0.3, -0.25) is 9.48 Å². The van der Waals surface area contributed by atoms with Crippen molar-refractivity contribution in [3.8, 4) is 21.0 Å². The Hall–Kier alpha value is -2.26. The van der Waals surface area contributed by atoms with E-state index in [-0.39, 0.29) is 18.8 Å². The highest BCUT2D eigenvalue weighted by atomic mass is 32.2. The van der Waals surface area contributed by atoms with Gasteiger partial charge in [0, 0.05) is 9.77 Å². The predicted molar refractivity (Wildman–Crippen MR) is 109 cm³/mol. The van der Waals surface area contributed by atoms with Crippen molar-refractivity contribution >= 4 is 29.1 Å². The van der Waals surface area contributed by atoms with E-state index >= 15 is 0 Å². The SMILES string of the molecule is CCOC(=O)Cn1nc(C(F)(F)F)cc1-c1ccc(-c2cccc(SCC)c2)s1. The van der Waals surface area contributed by atoms with Crippen molar-refractivity contribution in [2.75, 3.05) is 12.4 Å². The molecule has 0 amide bonds. The molecule has 0 spiro atoms. The van der Waals surface area contributed by atoms with Crippen LogP contribution < -0.4 is 0 Å². The molecule has 0 saturated carbocycles. The second kappa shape index (κ2) is 9.04. The maximum atomic E-state index is 13.2. The molecule has 154 valence electrons. The number of hydrogen-bond acceptors (Lipinski definition) is 5. The molecule has 9 heteroatoms. The zero-order valence-corrected chi connectivity index (χ0v) is 17.5. The Morgan fingerprint density at radius 3 is 2.62 bits per heavy atom. The van der Waals surface area contributed by atoms with Crippen LogP contribution in [0.4, 0.5) is 13.2 Å². The van der Waals surface area contributed by atoms with E-state index in [4.69, 9.17) is 4.74 Å². The first kappa shape index (κ1) is 21.4. The van der Waals surface area contributed by atoms with Crippen LogP contribution in [0.5, 0.6) is 0 Å². The quantitative estimate of drug-likeness (QED) is 0.335. The number of rotatable bonds is 7. The molecule has 3 rings (SSSR count). The molecule has 0 aliphatic rings. The van der Waals surface area contributed by atoms with Crippen LogP contribution in [0.3, 0.4) is 0 Å². The van der Waals surface area contributed by atoms with Crippen LogP contribution in [0.25, 0.3) is 21.0 Å². The first-order valence-electron chi connectivity index (χ1n) is 8.96. The smallest absolute Gasteiger partial charge is 0.435 e. The summed E-state index contributed by atoms with van der Waals surface area (Å²) in [5.41, 5.74) is 0.195. The Labute approximate surface area is 174 Å². The molecular weight excluding hydrogens is 421 g/mol. The maximum absolute atomic E-state index is 13.2. The number of alkyl halides is 3. The lowest BCUT2D eigenvalue weighted by molar-refractivity contribution is -0.146. The van der Waals surface area contributed by atoms with Crippen LogP contribution in [-0.2, 0) is 22.3 Å². The standard InChI is InChI=1S/C20H19F3N2O2S2/c1-3-27-19(26)12-25-15(11-18(24-25)20(21,22)23)17-9-8-16(29-17)13-6-5-7-14(10-13)28-4-2/h5-11H,3-4,12H2,1-2H3. The van der Waals surface area contributed by atoms with Crippen LogP contribution in [-0.4, -0.2) is 28.1 Å². The van der Waals surface area contributed by atoms with E-state index in [0.29, 0.717) is 4.88 Å². The second-order valence-electron chi connectivity index (χ2n) is 6.00. The van der Waals surface area contributed by atoms with E-state index in [1.54, 1.807) is 24.8 Å². The monoisotopic (exact) mass is 440 g/mol. The minimum Gasteiger partial charge on any atom is -0.465 e. The van der Waals surface area contributed by atoms with Crippen LogP contribution in [0.1, 0.15) is 19.5 Å². The highest BCUT2D eigenvalue weighted by molar-refractivity contribution is 7.99. The Kier molecular flexibility index (Phi) is 6.69. The summed E-state index contributed by atoms with van der Waals surface area (Å²) >= 11 is 3.08. The van der Waals surface area contributed by atoms with Crippen molar-refractivity contribution < 1.29 is 22.7 Å². The van der Waals surface area contributed by atoms with Crippen molar-refractivity contribution in [1.29, 1.82) is 0 Å². The Balaban J connectivity index is 1.97. The van der Waals surface area contributed by atoms with Gasteiger partial charge in [-0.1, -0.05) is 19.1 Å². The molecular formula is C20H19F3N2O2S2. The van der Waals surface area contributed by atoms with Gasteiger partial charge in [-0.25, -0.2) is 0 Å². The van der Waals surface area contributed by atoms with Gasteiger partial charge in [0.1, 0.15) is 6.54 Å². The molecule has 3 aromatic rings. The average Bonchev–Trinajstić information content (AvgIpc) is 3.29. The van der Waals surface area contributed by atoms with Crippen molar-refractivity contribution in [2.45, 2.75) is 31.5 Å². The topological polar surface area (TPSA) is 44.1 Å². The molecule has 0 radical (unpaired) electrons. The summed E-state index contributed by atoms with van der Waals surface area (Å²) in [6.07, 6.45) is -4.60. The van der Waals surface area contributed by atoms with Crippen molar-refractivity contribution in [3.05, 3.63) is 48.2 Å². The van der Waals surface area contributed by atoms with Crippen molar-refractivity contribution in [3.63, 3.8) is 0 Å². The first-order chi connectivity index (χ1) is 13.8. The van der Waals surface area contributed by atoms with Gasteiger partial charge in [-0.2, -0.15) is 18.3 Å². The predicted octanol–water partition coefficient (Wildman–Crippen LogP) is 5.97. The fraction of sp³-hybridized carbons (Fsp3) is 0.300. The number of hydrogen-bond donors (Lipinski definition) is 0. The molecule has 0 saturated heterocycles. The van der Waals surface area contributed by atoms with Crippen LogP contribution in [0.15, 0.2) is 47.4 Å². The molecule has 0 bridgehead atoms. The second-order valence-corrected chi connectivity index (χ2v) is 8.42. The molecule has 0 aliphatic heterocycles. The van der Waals surface area contributed by atoms with E-state index in [0.717, 1.165) is 31.8 Å². The minimum atomic E-state index is -4.60. The molecule has 0 unspecified atom stereocenters. The Morgan fingerprint density at radius 1 is 1.17 bits per heavy atom. The average molecular weight is 441 g/mol. The zero-order valence-electron chi connectivity index (χ0n) is 15.8. The lowest BCUT2D eigenvalue weighted by Gasteiger charge is -2.06. The molecule has 4 nitrogen and oxygen atoms in total. The first-order valence-corrected chi connectivity index (χ1v) is 10.8. The summed E-state index contributed by atoms with van der Waals surface area (Å²) in [4.78, 5) is 14.5. The van der Waals surface area contributed by atoms with Crippen molar-refractivity contribution in [1.82, 2.24) is 9.78 Å². The van der Waals surface area contributed by atoms with E-state index in [1.165, 1.54) is 11.3 Å². The third kappa shape index (κ3) is 5.22. The van der Waals surface area contributed by atoms with E-state index in [1.807, 2.05) is 24.3 Å². The minimum absolute atomic E-state index is 0.150. The number of carbonyl (C=O) groups excluding carboxylic acids is 1. The van der Waals surface area contributed by atoms with E-state index in [2.05, 4.69) is 18.1 Å². The van der Waals surface area contributed by atoms with Gasteiger partial charge in [0.25, 0.3) is 0 Å². The highest BCUT2D eigenvalue weighted by Crippen LogP contribution is 2.38. The fourth-order valence-electron chi connectivity index (χ4n) is 2.74. The van der Waals surface area contributed by atoms with E-state index in [9.17, 15) is 18.0 Å². The fourth-order valence-corrected chi connectivity index (χ4v) is 4.48. The lowest BCUT2D eigenvalue weighted by atomic mass is 10.2. The normalized spacial score (nSPS) is 11.6. The third-order valence-electron chi connectivity index (χ3n) is 3.94. The summed E-state index contributed by atoms with van der Waals surface area (Å²) in [6, 6.07) is 12.6. The van der Waals surface area contributed by atoms with Gasteiger partial charge in [-0.15, -0.1) is 23.1 Å². The number of carbonyl (C=O) groups is 1. The zero-order chi connectivity index (χ0) is 21.0. The third-order valence-corrected chi connectivity index (χ3v) is 5.98. The van der Waals surface area contributed by atoms with Gasteiger partial charge in [0.05, 0.1) is 17.2 Å². The maximum Gasteiger partial charge on any atom is 0.435 e. The van der Waals surface area contributed by atoms with Gasteiger partial charge < -0.3 is 4.74 Å². The van der Waals surface area contributed by atoms with Crippen LogP contribution >= 0.6 is 23.1 Å². The van der Waals surface area contributed by atoms with E-state index < -0.39 is 17.8 Å². The summed E-state index contributed by atoms with van der Waals surface area (Å²) < 4.78 is 45.5. The molecule has 1 aromatic carbocycles. The number of benzene rings is 1. The number of halogens is 3. The number of ether oxygens (including phenoxy) is 1. The molecule has 0 atom stereocenters. The van der Waals surface area contributed by atoms with Crippen LogP contribution in [0, 0.1) is 0 Å². The summed E-state index contributed by atoms with van der Waals surface area (Å²) in [5, 5.41) is 3.59. The number of nitrogens with zero attached hydrogens (tertiary/aromatic N) is 2. The van der Waals surface area contributed by atoms with Gasteiger partial charge in [0.15, 0.2) is 5.69 Å². The largest absolute Gasteiger partial charge is 0.465 e. The number of esters is 1. The number of aromatic nitrogens is 2. The van der Waals surface area contributed by atoms with Crippen LogP contribution in [0.2, 0.25) is 0 Å². The molecule has 2 heterocycles. The molecule has 2 aromatic heterocycles. The summed E-state index contributed by atoms with van der Waals surface area (Å²) in [6.45, 7) is 3.48. The molecule has 0 aliphatic carbocycles. The number of thiophene rings is 1. The number of thioether (sulfide) groups is 1. The van der Waals surface area contributed by atoms with Gasteiger partial charge >= 0.3 is 12.1 Å². The Bertz CT molecular complexity index is 996. The highest BCUT2D eigenvalue weighted by Gasteiger charge is 2.35.